The van der Waals surface area contributed by atoms with Gasteiger partial charge in [-0.2, -0.15) is 0 Å². The number of hydrogen-bond acceptors (Lipinski definition) is 7. The number of aromatic nitrogens is 1. The van der Waals surface area contributed by atoms with Crippen molar-refractivity contribution in [2.24, 2.45) is 5.92 Å². The van der Waals surface area contributed by atoms with E-state index in [1.807, 2.05) is 13.8 Å². The van der Waals surface area contributed by atoms with Crippen molar-refractivity contribution in [3.63, 3.8) is 0 Å². The smallest absolute Gasteiger partial charge is 0.329 e. The monoisotopic (exact) mass is 465 g/mol. The third-order valence-corrected chi connectivity index (χ3v) is 5.43. The summed E-state index contributed by atoms with van der Waals surface area (Å²) >= 11 is 0. The van der Waals surface area contributed by atoms with E-state index in [9.17, 15) is 19.5 Å². The summed E-state index contributed by atoms with van der Waals surface area (Å²) in [6, 6.07) is 1.18. The van der Waals surface area contributed by atoms with E-state index in [0.29, 0.717) is 31.2 Å². The first-order valence-electron chi connectivity index (χ1n) is 11.1. The van der Waals surface area contributed by atoms with E-state index in [1.165, 1.54) is 13.1 Å². The highest BCUT2D eigenvalue weighted by atomic mass is 16.5. The second-order valence-electron chi connectivity index (χ2n) is 8.77. The molecular formula is C22H35N5O6. The molecule has 1 unspecified atom stereocenters. The fraction of sp³-hybridized carbons (Fsp3) is 0.636. The van der Waals surface area contributed by atoms with E-state index in [1.54, 1.807) is 12.1 Å². The third kappa shape index (κ3) is 8.50. The summed E-state index contributed by atoms with van der Waals surface area (Å²) < 4.78 is 11.2. The second-order valence-corrected chi connectivity index (χ2v) is 8.77. The highest BCUT2D eigenvalue weighted by Gasteiger charge is 2.36. The molecule has 1 aromatic heterocycles. The fourth-order valence-electron chi connectivity index (χ4n) is 3.25. The molecule has 11 heteroatoms. The van der Waals surface area contributed by atoms with Crippen LogP contribution in [0.4, 0.5) is 10.6 Å². The van der Waals surface area contributed by atoms with Gasteiger partial charge in [0.1, 0.15) is 17.4 Å². The van der Waals surface area contributed by atoms with E-state index < -0.39 is 29.5 Å². The number of nitrogens with two attached hydrogens (primary N) is 1. The van der Waals surface area contributed by atoms with Crippen LogP contribution in [0.15, 0.2) is 18.3 Å². The van der Waals surface area contributed by atoms with E-state index in [0.717, 1.165) is 12.8 Å². The number of nitrogens with one attached hydrogen (secondary N) is 3. The van der Waals surface area contributed by atoms with Crippen LogP contribution in [-0.4, -0.2) is 72.0 Å². The lowest BCUT2D eigenvalue weighted by Crippen LogP contribution is -2.61. The Labute approximate surface area is 193 Å². The summed E-state index contributed by atoms with van der Waals surface area (Å²) in [5.74, 6) is -1.23. The number of nitrogens with zero attached hydrogens (tertiary/aromatic N) is 1. The largest absolute Gasteiger partial charge is 0.480 e. The minimum Gasteiger partial charge on any atom is -0.480 e. The van der Waals surface area contributed by atoms with Crippen molar-refractivity contribution in [1.82, 2.24) is 20.9 Å². The molecule has 3 atom stereocenters. The first-order chi connectivity index (χ1) is 15.6. The Morgan fingerprint density at radius 1 is 1.27 bits per heavy atom. The highest BCUT2D eigenvalue weighted by molar-refractivity contribution is 5.90. The number of carbonyl (C=O) groups excluding carboxylic acids is 2. The normalized spacial score (nSPS) is 22.2. The van der Waals surface area contributed by atoms with Crippen LogP contribution in [0.25, 0.3) is 0 Å². The van der Waals surface area contributed by atoms with E-state index >= 15 is 0 Å². The molecule has 33 heavy (non-hydrogen) atoms. The Bertz CT molecular complexity index is 803. The SMILES string of the molecule is CC(C)[C@H]1COCCCCOC[C@@H](NC(=O)NC(C)(Cc2ccc(N)nc2)C(=O)O)C(=O)N1. The number of aliphatic carboxylic acids is 1. The molecule has 184 valence electrons. The van der Waals surface area contributed by atoms with E-state index in [2.05, 4.69) is 20.9 Å². The molecule has 0 bridgehead atoms. The Kier molecular flexibility index (Phi) is 9.86. The van der Waals surface area contributed by atoms with Crippen molar-refractivity contribution in [2.45, 2.75) is 57.7 Å². The van der Waals surface area contributed by atoms with Crippen LogP contribution in [0.1, 0.15) is 39.2 Å². The van der Waals surface area contributed by atoms with Gasteiger partial charge in [0, 0.05) is 25.8 Å². The molecule has 1 saturated heterocycles. The van der Waals surface area contributed by atoms with Gasteiger partial charge in [-0.05, 0) is 37.3 Å². The first kappa shape index (κ1) is 26.3. The molecule has 0 saturated carbocycles. The zero-order valence-corrected chi connectivity index (χ0v) is 19.4. The van der Waals surface area contributed by atoms with Gasteiger partial charge in [-0.25, -0.2) is 14.6 Å². The van der Waals surface area contributed by atoms with Gasteiger partial charge in [0.2, 0.25) is 5.91 Å². The summed E-state index contributed by atoms with van der Waals surface area (Å²) in [6.45, 7) is 6.67. The lowest BCUT2D eigenvalue weighted by atomic mass is 9.94. The van der Waals surface area contributed by atoms with Crippen molar-refractivity contribution < 1.29 is 29.0 Å². The van der Waals surface area contributed by atoms with Crippen LogP contribution in [0.5, 0.6) is 0 Å². The summed E-state index contributed by atoms with van der Waals surface area (Å²) in [6.07, 6.45) is 3.02. The number of hydrogen-bond donors (Lipinski definition) is 5. The quantitative estimate of drug-likeness (QED) is 0.409. The maximum atomic E-state index is 12.9. The van der Waals surface area contributed by atoms with Crippen LogP contribution in [0.2, 0.25) is 0 Å². The molecule has 0 radical (unpaired) electrons. The van der Waals surface area contributed by atoms with Gasteiger partial charge < -0.3 is 36.3 Å². The number of pyridine rings is 1. The van der Waals surface area contributed by atoms with E-state index in [-0.39, 0.29) is 25.0 Å². The van der Waals surface area contributed by atoms with Crippen molar-refractivity contribution in [3.05, 3.63) is 23.9 Å². The highest BCUT2D eigenvalue weighted by Crippen LogP contribution is 2.14. The maximum absolute atomic E-state index is 12.9. The van der Waals surface area contributed by atoms with Crippen LogP contribution < -0.4 is 21.7 Å². The summed E-state index contributed by atoms with van der Waals surface area (Å²) in [5.41, 5.74) is 4.52. The lowest BCUT2D eigenvalue weighted by molar-refractivity contribution is -0.143. The van der Waals surface area contributed by atoms with Crippen LogP contribution >= 0.6 is 0 Å². The van der Waals surface area contributed by atoms with Gasteiger partial charge in [-0.1, -0.05) is 19.9 Å². The number of urea groups is 1. The van der Waals surface area contributed by atoms with Gasteiger partial charge in [-0.3, -0.25) is 4.79 Å². The first-order valence-corrected chi connectivity index (χ1v) is 11.1. The molecule has 0 aromatic carbocycles. The topological polar surface area (TPSA) is 165 Å². The number of anilines is 1. The number of rotatable bonds is 6. The predicted molar refractivity (Wildman–Crippen MR) is 121 cm³/mol. The zero-order valence-electron chi connectivity index (χ0n) is 19.4. The van der Waals surface area contributed by atoms with Gasteiger partial charge >= 0.3 is 12.0 Å². The molecule has 1 aromatic rings. The van der Waals surface area contributed by atoms with Crippen molar-refractivity contribution >= 4 is 23.7 Å². The Hall–Kier alpha value is -2.92. The third-order valence-electron chi connectivity index (χ3n) is 5.43. The van der Waals surface area contributed by atoms with Crippen LogP contribution in [0.3, 0.4) is 0 Å². The molecule has 0 spiro atoms. The van der Waals surface area contributed by atoms with Crippen molar-refractivity contribution in [2.75, 3.05) is 32.2 Å². The lowest BCUT2D eigenvalue weighted by Gasteiger charge is -2.29. The number of carboxylic acids is 1. The average molecular weight is 466 g/mol. The number of carbonyl (C=O) groups is 3. The van der Waals surface area contributed by atoms with Gasteiger partial charge in [-0.15, -0.1) is 0 Å². The summed E-state index contributed by atoms with van der Waals surface area (Å²) in [5, 5.41) is 17.7. The Morgan fingerprint density at radius 2 is 1.94 bits per heavy atom. The number of amides is 3. The number of nitrogen functional groups attached to an aromatic ring is 1. The minimum atomic E-state index is -1.64. The molecule has 1 fully saturated rings. The van der Waals surface area contributed by atoms with Gasteiger partial charge in [0.05, 0.1) is 19.3 Å². The van der Waals surface area contributed by atoms with E-state index in [4.69, 9.17) is 15.2 Å². The van der Waals surface area contributed by atoms with Crippen molar-refractivity contribution in [3.8, 4) is 0 Å². The maximum Gasteiger partial charge on any atom is 0.329 e. The molecule has 1 aliphatic rings. The number of carboxylic acid groups (broad SMARTS) is 1. The van der Waals surface area contributed by atoms with Gasteiger partial charge in [0.25, 0.3) is 0 Å². The molecular weight excluding hydrogens is 430 g/mol. The average Bonchev–Trinajstić information content (AvgIpc) is 2.74. The van der Waals surface area contributed by atoms with Crippen LogP contribution in [0, 0.1) is 5.92 Å². The molecule has 6 N–H and O–H groups in total. The molecule has 11 nitrogen and oxygen atoms in total. The van der Waals surface area contributed by atoms with Crippen molar-refractivity contribution in [1.29, 1.82) is 0 Å². The summed E-state index contributed by atoms with van der Waals surface area (Å²) in [4.78, 5) is 41.5. The molecule has 1 aliphatic heterocycles. The standard InChI is InChI=1S/C22H35N5O6/c1-14(2)16-12-32-8-4-5-9-33-13-17(19(28)25-16)26-21(31)27-22(3,20(29)30)10-15-6-7-18(23)24-11-15/h6-7,11,14,16-17H,4-5,8-10,12-13H2,1-3H3,(H2,23,24)(H,25,28)(H,29,30)(H2,26,27,31)/t16-,17-,22?/m1/s1. The Balaban J connectivity index is 2.09. The zero-order chi connectivity index (χ0) is 24.4. The fourth-order valence-corrected chi connectivity index (χ4v) is 3.25. The number of ether oxygens (including phenoxy) is 2. The predicted octanol–water partition coefficient (Wildman–Crippen LogP) is 0.685. The van der Waals surface area contributed by atoms with Crippen LogP contribution in [-0.2, 0) is 25.5 Å². The minimum absolute atomic E-state index is 0.0246. The summed E-state index contributed by atoms with van der Waals surface area (Å²) in [7, 11) is 0. The second kappa shape index (κ2) is 12.4. The molecule has 3 amide bonds. The molecule has 2 heterocycles. The van der Waals surface area contributed by atoms with Gasteiger partial charge in [0.15, 0.2) is 0 Å². The molecule has 2 rings (SSSR count). The Morgan fingerprint density at radius 3 is 2.52 bits per heavy atom. The molecule has 0 aliphatic carbocycles.